The molecule has 0 bridgehead atoms. The van der Waals surface area contributed by atoms with Gasteiger partial charge in [0.1, 0.15) is 0 Å². The number of nitrogens with zero attached hydrogens (tertiary/aromatic N) is 1. The number of amides is 1. The SMILES string of the molecule is C[C@@H](C1CC1)N(C(=O)CCC(=O)O)c1ccccc1. The Balaban J connectivity index is 2.14. The van der Waals surface area contributed by atoms with E-state index in [4.69, 9.17) is 5.11 Å². The van der Waals surface area contributed by atoms with Crippen molar-refractivity contribution in [3.05, 3.63) is 30.3 Å². The number of anilines is 1. The topological polar surface area (TPSA) is 57.6 Å². The summed E-state index contributed by atoms with van der Waals surface area (Å²) in [4.78, 5) is 24.7. The van der Waals surface area contributed by atoms with Gasteiger partial charge in [-0.1, -0.05) is 18.2 Å². The van der Waals surface area contributed by atoms with Gasteiger partial charge in [-0.15, -0.1) is 0 Å². The van der Waals surface area contributed by atoms with E-state index in [1.807, 2.05) is 37.3 Å². The number of hydrogen-bond acceptors (Lipinski definition) is 2. The number of carbonyl (C=O) groups excluding carboxylic acids is 1. The highest BCUT2D eigenvalue weighted by molar-refractivity contribution is 5.95. The average Bonchev–Trinajstić information content (AvgIpc) is 3.22. The second-order valence-corrected chi connectivity index (χ2v) is 5.07. The third-order valence-corrected chi connectivity index (χ3v) is 3.57. The van der Waals surface area contributed by atoms with Gasteiger partial charge in [0.05, 0.1) is 6.42 Å². The van der Waals surface area contributed by atoms with Crippen molar-refractivity contribution in [2.75, 3.05) is 4.90 Å². The van der Waals surface area contributed by atoms with Gasteiger partial charge in [0.2, 0.25) is 5.91 Å². The molecule has 19 heavy (non-hydrogen) atoms. The van der Waals surface area contributed by atoms with Crippen molar-refractivity contribution in [2.24, 2.45) is 5.92 Å². The molecule has 0 saturated heterocycles. The van der Waals surface area contributed by atoms with Gasteiger partial charge in [0, 0.05) is 18.2 Å². The lowest BCUT2D eigenvalue weighted by molar-refractivity contribution is -0.138. The highest BCUT2D eigenvalue weighted by Crippen LogP contribution is 2.37. The minimum absolute atomic E-state index is 0.0568. The van der Waals surface area contributed by atoms with E-state index >= 15 is 0 Å². The predicted octanol–water partition coefficient (Wildman–Crippen LogP) is 2.68. The zero-order valence-electron chi connectivity index (χ0n) is 11.1. The number of carbonyl (C=O) groups is 2. The van der Waals surface area contributed by atoms with Crippen molar-refractivity contribution in [1.82, 2.24) is 0 Å². The molecule has 0 heterocycles. The van der Waals surface area contributed by atoms with Crippen molar-refractivity contribution in [3.8, 4) is 0 Å². The molecule has 1 saturated carbocycles. The van der Waals surface area contributed by atoms with E-state index in [0.717, 1.165) is 18.5 Å². The minimum atomic E-state index is -0.930. The molecule has 0 unspecified atom stereocenters. The second kappa shape index (κ2) is 5.87. The van der Waals surface area contributed by atoms with Crippen molar-refractivity contribution < 1.29 is 14.7 Å². The van der Waals surface area contributed by atoms with Gasteiger partial charge in [0.25, 0.3) is 0 Å². The Morgan fingerprint density at radius 3 is 2.42 bits per heavy atom. The van der Waals surface area contributed by atoms with Crippen LogP contribution >= 0.6 is 0 Å². The number of benzene rings is 1. The van der Waals surface area contributed by atoms with Gasteiger partial charge in [0.15, 0.2) is 0 Å². The number of carboxylic acids is 1. The molecule has 102 valence electrons. The molecular weight excluding hydrogens is 242 g/mol. The molecule has 0 aliphatic heterocycles. The molecule has 0 radical (unpaired) electrons. The van der Waals surface area contributed by atoms with Crippen molar-refractivity contribution in [1.29, 1.82) is 0 Å². The highest BCUT2D eigenvalue weighted by atomic mass is 16.4. The van der Waals surface area contributed by atoms with Gasteiger partial charge in [-0.05, 0) is 37.8 Å². The molecule has 1 aliphatic carbocycles. The third kappa shape index (κ3) is 3.56. The summed E-state index contributed by atoms with van der Waals surface area (Å²) in [5, 5.41) is 8.70. The average molecular weight is 261 g/mol. The van der Waals surface area contributed by atoms with Crippen LogP contribution < -0.4 is 4.90 Å². The molecule has 4 nitrogen and oxygen atoms in total. The normalized spacial score (nSPS) is 15.8. The summed E-state index contributed by atoms with van der Waals surface area (Å²) >= 11 is 0. The van der Waals surface area contributed by atoms with Crippen LogP contribution in [0.1, 0.15) is 32.6 Å². The van der Waals surface area contributed by atoms with E-state index in [1.54, 1.807) is 4.90 Å². The lowest BCUT2D eigenvalue weighted by atomic mass is 10.1. The fraction of sp³-hybridized carbons (Fsp3) is 0.467. The molecule has 0 spiro atoms. The van der Waals surface area contributed by atoms with E-state index in [0.29, 0.717) is 5.92 Å². The Hall–Kier alpha value is -1.84. The Morgan fingerprint density at radius 2 is 1.89 bits per heavy atom. The Bertz CT molecular complexity index is 454. The zero-order chi connectivity index (χ0) is 13.8. The molecule has 1 atom stereocenters. The molecule has 2 rings (SSSR count). The molecule has 1 N–H and O–H groups in total. The van der Waals surface area contributed by atoms with Crippen LogP contribution in [0.15, 0.2) is 30.3 Å². The van der Waals surface area contributed by atoms with Crippen molar-refractivity contribution in [2.45, 2.75) is 38.6 Å². The van der Waals surface area contributed by atoms with E-state index in [-0.39, 0.29) is 24.8 Å². The maximum Gasteiger partial charge on any atom is 0.303 e. The van der Waals surface area contributed by atoms with Crippen LogP contribution in [0.5, 0.6) is 0 Å². The summed E-state index contributed by atoms with van der Waals surface area (Å²) in [6.45, 7) is 2.04. The first-order valence-corrected chi connectivity index (χ1v) is 6.68. The molecule has 1 aliphatic rings. The van der Waals surface area contributed by atoms with Gasteiger partial charge >= 0.3 is 5.97 Å². The first-order valence-electron chi connectivity index (χ1n) is 6.68. The maximum absolute atomic E-state index is 12.3. The largest absolute Gasteiger partial charge is 0.481 e. The number of rotatable bonds is 6. The molecule has 1 aromatic carbocycles. The Labute approximate surface area is 113 Å². The van der Waals surface area contributed by atoms with Gasteiger partial charge in [-0.2, -0.15) is 0 Å². The van der Waals surface area contributed by atoms with Crippen LogP contribution in [0, 0.1) is 5.92 Å². The van der Waals surface area contributed by atoms with Crippen LogP contribution in [-0.4, -0.2) is 23.0 Å². The number of carboxylic acid groups (broad SMARTS) is 1. The van der Waals surface area contributed by atoms with E-state index in [9.17, 15) is 9.59 Å². The molecule has 1 fully saturated rings. The smallest absolute Gasteiger partial charge is 0.303 e. The quantitative estimate of drug-likeness (QED) is 0.856. The minimum Gasteiger partial charge on any atom is -0.481 e. The number of para-hydroxylation sites is 1. The fourth-order valence-corrected chi connectivity index (χ4v) is 2.32. The summed E-state index contributed by atoms with van der Waals surface area (Å²) in [5.41, 5.74) is 0.859. The van der Waals surface area contributed by atoms with Gasteiger partial charge in [-0.3, -0.25) is 9.59 Å². The lowest BCUT2D eigenvalue weighted by Gasteiger charge is -2.29. The molecule has 0 aromatic heterocycles. The lowest BCUT2D eigenvalue weighted by Crippen LogP contribution is -2.40. The fourth-order valence-electron chi connectivity index (χ4n) is 2.32. The monoisotopic (exact) mass is 261 g/mol. The van der Waals surface area contributed by atoms with Crippen molar-refractivity contribution in [3.63, 3.8) is 0 Å². The standard InChI is InChI=1S/C15H19NO3/c1-11(12-7-8-12)16(13-5-3-2-4-6-13)14(17)9-10-15(18)19/h2-6,11-12H,7-10H2,1H3,(H,18,19)/t11-/m0/s1. The number of aliphatic carboxylic acids is 1. The van der Waals surface area contributed by atoms with Crippen LogP contribution in [0.2, 0.25) is 0 Å². The van der Waals surface area contributed by atoms with Crippen LogP contribution in [-0.2, 0) is 9.59 Å². The Kier molecular flexibility index (Phi) is 4.20. The molecule has 1 amide bonds. The van der Waals surface area contributed by atoms with Crippen molar-refractivity contribution >= 4 is 17.6 Å². The summed E-state index contributed by atoms with van der Waals surface area (Å²) < 4.78 is 0. The molecule has 4 heteroatoms. The second-order valence-electron chi connectivity index (χ2n) is 5.07. The van der Waals surface area contributed by atoms with Crippen LogP contribution in [0.4, 0.5) is 5.69 Å². The van der Waals surface area contributed by atoms with Crippen LogP contribution in [0.3, 0.4) is 0 Å². The third-order valence-electron chi connectivity index (χ3n) is 3.57. The van der Waals surface area contributed by atoms with Gasteiger partial charge < -0.3 is 10.0 Å². The van der Waals surface area contributed by atoms with Gasteiger partial charge in [-0.25, -0.2) is 0 Å². The number of hydrogen-bond donors (Lipinski definition) is 1. The zero-order valence-corrected chi connectivity index (χ0v) is 11.1. The summed E-state index contributed by atoms with van der Waals surface area (Å²) in [5.74, 6) is -0.484. The first-order chi connectivity index (χ1) is 9.09. The maximum atomic E-state index is 12.3. The first kappa shape index (κ1) is 13.6. The van der Waals surface area contributed by atoms with Crippen LogP contribution in [0.25, 0.3) is 0 Å². The Morgan fingerprint density at radius 1 is 1.26 bits per heavy atom. The summed E-state index contributed by atoms with van der Waals surface area (Å²) in [6, 6.07) is 9.64. The van der Waals surface area contributed by atoms with E-state index < -0.39 is 5.97 Å². The highest BCUT2D eigenvalue weighted by Gasteiger charge is 2.34. The van der Waals surface area contributed by atoms with E-state index in [2.05, 4.69) is 0 Å². The molecule has 1 aromatic rings. The molecular formula is C15H19NO3. The predicted molar refractivity (Wildman–Crippen MR) is 73.0 cm³/mol. The van der Waals surface area contributed by atoms with E-state index in [1.165, 1.54) is 0 Å². The summed E-state index contributed by atoms with van der Waals surface area (Å²) in [7, 11) is 0. The summed E-state index contributed by atoms with van der Waals surface area (Å²) in [6.07, 6.45) is 2.24.